The van der Waals surface area contributed by atoms with Crippen LogP contribution in [0.3, 0.4) is 0 Å². The van der Waals surface area contributed by atoms with E-state index in [1.165, 1.54) is 0 Å². The zero-order valence-corrected chi connectivity index (χ0v) is 80.6. The highest BCUT2D eigenvalue weighted by Gasteiger charge is 2.59. The number of esters is 5. The van der Waals surface area contributed by atoms with E-state index in [0.717, 1.165) is 49.0 Å². The van der Waals surface area contributed by atoms with Gasteiger partial charge in [-0.1, -0.05) is 148 Å². The molecule has 0 aromatic heterocycles. The predicted molar refractivity (Wildman–Crippen MR) is 470 cm³/mol. The van der Waals surface area contributed by atoms with E-state index in [0.29, 0.717) is 93.7 Å². The number of ether oxygens (including phenoxy) is 5. The van der Waals surface area contributed by atoms with E-state index >= 15 is 19.2 Å². The van der Waals surface area contributed by atoms with E-state index < -0.39 is 69.6 Å². The number of hydrogen-bond donors (Lipinski definition) is 2. The van der Waals surface area contributed by atoms with Crippen LogP contribution in [0.2, 0.25) is 0 Å². The third-order valence-electron chi connectivity index (χ3n) is 28.1. The van der Waals surface area contributed by atoms with Crippen LogP contribution < -0.4 is 0 Å². The summed E-state index contributed by atoms with van der Waals surface area (Å²) in [6.45, 7) is 78.9. The Morgan fingerprint density at radius 3 is 0.809 bits per heavy atom. The van der Waals surface area contributed by atoms with Crippen LogP contribution in [0.15, 0.2) is 24.3 Å². The molecule has 5 aliphatic rings. The molecule has 7 rings (SSSR count). The average Bonchev–Trinajstić information content (AvgIpc) is 0.755. The topological polar surface area (TPSA) is 188 Å². The van der Waals surface area contributed by atoms with E-state index in [9.17, 15) is 15.0 Å². The van der Waals surface area contributed by atoms with Crippen molar-refractivity contribution in [3.05, 3.63) is 57.6 Å². The van der Waals surface area contributed by atoms with Crippen LogP contribution in [0.25, 0.3) is 0 Å². The van der Waals surface area contributed by atoms with Crippen molar-refractivity contribution in [3.63, 3.8) is 0 Å². The highest BCUT2D eigenvalue weighted by molar-refractivity contribution is 6.02. The van der Waals surface area contributed by atoms with Gasteiger partial charge >= 0.3 is 29.8 Å². The third kappa shape index (κ3) is 22.7. The molecule has 17 heteroatoms. The number of aromatic hydroxyl groups is 2. The lowest BCUT2D eigenvalue weighted by Crippen LogP contribution is -2.63. The maximum Gasteiger partial charge on any atom is 0.324 e. The molecule has 2 aromatic rings. The molecule has 5 heterocycles. The summed E-state index contributed by atoms with van der Waals surface area (Å²) in [5.74, 6) is -3.13. The Bertz CT molecular complexity index is 3450. The number of benzene rings is 2. The number of phenols is 2. The molecule has 0 amide bonds. The quantitative estimate of drug-likeness (QED) is 0.0607. The van der Waals surface area contributed by atoms with Crippen molar-refractivity contribution in [3.8, 4) is 11.5 Å². The van der Waals surface area contributed by atoms with Gasteiger partial charge in [0.05, 0.1) is 5.92 Å². The average molecular weight is 1610 g/mol. The van der Waals surface area contributed by atoms with Gasteiger partial charge in [0.1, 0.15) is 42.0 Å². The minimum Gasteiger partial charge on any atom is -0.507 e. The largest absolute Gasteiger partial charge is 0.507 e. The number of piperidine rings is 5. The second kappa shape index (κ2) is 34.6. The lowest BCUT2D eigenvalue weighted by atomic mass is 9.71. The number of hydrogen-bond acceptors (Lipinski definition) is 17. The number of carbonyl (C=O) groups excluding carboxylic acids is 5. The summed E-state index contributed by atoms with van der Waals surface area (Å²) >= 11 is 0. The molecule has 0 radical (unpaired) electrons. The summed E-state index contributed by atoms with van der Waals surface area (Å²) in [5, 5.41) is 23.4. The van der Waals surface area contributed by atoms with Crippen LogP contribution in [0.5, 0.6) is 11.5 Å². The molecule has 5 fully saturated rings. The van der Waals surface area contributed by atoms with Crippen molar-refractivity contribution in [1.82, 2.24) is 24.5 Å². The third-order valence-corrected chi connectivity index (χ3v) is 28.1. The minimum atomic E-state index is -1.93. The molecule has 658 valence electrons. The van der Waals surface area contributed by atoms with E-state index in [1.807, 2.05) is 65.8 Å². The Hall–Kier alpha value is -4.81. The van der Waals surface area contributed by atoms with E-state index in [1.54, 1.807) is 6.92 Å². The van der Waals surface area contributed by atoms with Gasteiger partial charge in [0, 0.05) is 120 Å². The summed E-state index contributed by atoms with van der Waals surface area (Å²) in [6.07, 6.45) is 8.23. The summed E-state index contributed by atoms with van der Waals surface area (Å²) in [7, 11) is 6.33. The van der Waals surface area contributed by atoms with Crippen LogP contribution in [-0.4, -0.2) is 185 Å². The Kier molecular flexibility index (Phi) is 29.8. The fourth-order valence-corrected chi connectivity index (χ4v) is 21.4. The Labute approximate surface area is 701 Å². The second-order valence-electron chi connectivity index (χ2n) is 47.1. The van der Waals surface area contributed by atoms with Crippen LogP contribution in [0.1, 0.15) is 385 Å². The zero-order valence-electron chi connectivity index (χ0n) is 80.6. The first kappa shape index (κ1) is 99.0. The standard InChI is InChI=1S/C52H89N3O7.C46H80N2O5/c1-33(41(57)60-35-27-46(8,9)53(20)47(10,11)28-35)25-52(42(58)61-36-29-48(12,13)54(21)49(14,15)30-36,43(59)62-37-31-50(16,17)55(22)51(18,19)32-37)26-34-23-38(44(2,3)4)40(56)39(24-34)45(5,6)7;1-18-21-22-46(27-32-25-35(40(4,5)6)37(49)36(26-32)41(7,8)9,38(50)52-33-28-42(10,11)47(23-19-2)43(12,13)29-33)39(51)53-34-30-44(14,15)48(24-20-3)45(16,17)31-34/h23-24,33,35-37,56H,25-32H2,1-22H3;25-26,33-34,49H,18-24,27-31H2,1-17H3. The van der Waals surface area contributed by atoms with E-state index in [2.05, 4.69) is 246 Å². The predicted octanol–water partition coefficient (Wildman–Crippen LogP) is 20.8. The summed E-state index contributed by atoms with van der Waals surface area (Å²) < 4.78 is 33.1. The fourth-order valence-electron chi connectivity index (χ4n) is 21.4. The van der Waals surface area contributed by atoms with Crippen molar-refractivity contribution < 1.29 is 57.9 Å². The monoisotopic (exact) mass is 1610 g/mol. The Balaban J connectivity index is 0.000000362. The maximum atomic E-state index is 15.7. The van der Waals surface area contributed by atoms with Gasteiger partial charge in [0.15, 0.2) is 10.8 Å². The second-order valence-corrected chi connectivity index (χ2v) is 47.1. The summed E-state index contributed by atoms with van der Waals surface area (Å²) in [6, 6.07) is 7.87. The molecule has 5 aliphatic heterocycles. The fraction of sp³-hybridized carbons (Fsp3) is 0.827. The van der Waals surface area contributed by atoms with E-state index in [-0.39, 0.29) is 115 Å². The summed E-state index contributed by atoms with van der Waals surface area (Å²) in [5.41, 5.74) is -2.88. The molecule has 1 unspecified atom stereocenters. The van der Waals surface area contributed by atoms with Gasteiger partial charge in [-0.3, -0.25) is 48.5 Å². The molecule has 0 spiro atoms. The molecule has 2 aromatic carbocycles. The van der Waals surface area contributed by atoms with Crippen LogP contribution in [0, 0.1) is 16.7 Å². The number of likely N-dealkylation sites (tertiary alicyclic amines) is 5. The molecule has 5 saturated heterocycles. The normalized spacial score (nSPS) is 22.9. The molecule has 0 saturated carbocycles. The van der Waals surface area contributed by atoms with Gasteiger partial charge in [-0.25, -0.2) is 0 Å². The molecule has 17 nitrogen and oxygen atoms in total. The molecular formula is C98H169N5O12. The number of unbranched alkanes of at least 4 members (excludes halogenated alkanes) is 1. The number of phenolic OH excluding ortho intramolecular Hbond substituents is 2. The maximum absolute atomic E-state index is 15.7. The molecule has 1 atom stereocenters. The van der Waals surface area contributed by atoms with Gasteiger partial charge in [0.2, 0.25) is 0 Å². The van der Waals surface area contributed by atoms with Gasteiger partial charge in [-0.2, -0.15) is 0 Å². The smallest absolute Gasteiger partial charge is 0.324 e. The van der Waals surface area contributed by atoms with Crippen molar-refractivity contribution in [2.45, 2.75) is 472 Å². The van der Waals surface area contributed by atoms with Crippen molar-refractivity contribution in [2.75, 3.05) is 34.2 Å². The van der Waals surface area contributed by atoms with Gasteiger partial charge < -0.3 is 33.9 Å². The first-order valence-corrected chi connectivity index (χ1v) is 44.3. The summed E-state index contributed by atoms with van der Waals surface area (Å²) in [4.78, 5) is 88.3. The first-order valence-electron chi connectivity index (χ1n) is 44.3. The number of nitrogens with zero attached hydrogens (tertiary/aromatic N) is 5. The molecule has 0 bridgehead atoms. The molecular weight excluding hydrogens is 1440 g/mol. The van der Waals surface area contributed by atoms with Crippen molar-refractivity contribution >= 4 is 29.8 Å². The Morgan fingerprint density at radius 2 is 0.583 bits per heavy atom. The molecule has 0 aliphatic carbocycles. The van der Waals surface area contributed by atoms with Gasteiger partial charge in [-0.15, -0.1) is 0 Å². The molecule has 2 N–H and O–H groups in total. The van der Waals surface area contributed by atoms with Crippen molar-refractivity contribution in [1.29, 1.82) is 0 Å². The van der Waals surface area contributed by atoms with Crippen LogP contribution >= 0.6 is 0 Å². The van der Waals surface area contributed by atoms with Gasteiger partial charge in [-0.05, 0) is 266 Å². The lowest BCUT2D eigenvalue weighted by molar-refractivity contribution is -0.192. The number of rotatable bonds is 23. The highest BCUT2D eigenvalue weighted by atomic mass is 16.6. The van der Waals surface area contributed by atoms with Crippen LogP contribution in [-0.2, 0) is 82.2 Å². The minimum absolute atomic E-state index is 0.0815. The van der Waals surface area contributed by atoms with E-state index in [4.69, 9.17) is 23.7 Å². The Morgan fingerprint density at radius 1 is 0.365 bits per heavy atom. The van der Waals surface area contributed by atoms with Crippen molar-refractivity contribution in [2.24, 2.45) is 16.7 Å². The highest BCUT2D eigenvalue weighted by Crippen LogP contribution is 2.51. The van der Waals surface area contributed by atoms with Gasteiger partial charge in [0.25, 0.3) is 0 Å². The van der Waals surface area contributed by atoms with Crippen LogP contribution in [0.4, 0.5) is 0 Å². The first-order chi connectivity index (χ1) is 51.8. The lowest BCUT2D eigenvalue weighted by Gasteiger charge is -2.55. The number of carbonyl (C=O) groups is 5. The molecule has 115 heavy (non-hydrogen) atoms. The SMILES string of the molecule is CC(CC(Cc1cc(C(C)(C)C)c(O)c(C(C)(C)C)c1)(C(=O)OC1CC(C)(C)N(C)C(C)(C)C1)C(=O)OC1CC(C)(C)N(C)C(C)(C)C1)C(=O)OC1CC(C)(C)N(C)C(C)(C)C1.CCCCC(Cc1cc(C(C)(C)C)c(O)c(C(C)(C)C)c1)(C(=O)OC1CC(C)(C)N(CCC)C(C)(C)C1)C(=O)OC1CC(C)(C)N(CCC)C(C)(C)C1. The zero-order chi connectivity index (χ0) is 88.4.